The molecule has 0 aromatic carbocycles. The Bertz CT molecular complexity index is 588. The Morgan fingerprint density at radius 1 is 1.32 bits per heavy atom. The highest BCUT2D eigenvalue weighted by Crippen LogP contribution is 2.38. The van der Waals surface area contributed by atoms with E-state index in [-0.39, 0.29) is 5.91 Å². The first kappa shape index (κ1) is 15.5. The van der Waals surface area contributed by atoms with Crippen molar-refractivity contribution in [3.05, 3.63) is 16.0 Å². The van der Waals surface area contributed by atoms with Crippen LogP contribution >= 0.6 is 11.3 Å². The molecule has 2 aliphatic rings. The molecule has 1 aromatic heterocycles. The van der Waals surface area contributed by atoms with E-state index in [4.69, 9.17) is 5.73 Å². The van der Waals surface area contributed by atoms with E-state index < -0.39 is 5.91 Å². The summed E-state index contributed by atoms with van der Waals surface area (Å²) in [6.07, 6.45) is 5.24. The quantitative estimate of drug-likeness (QED) is 0.890. The molecule has 0 saturated carbocycles. The molecule has 0 unspecified atom stereocenters. The van der Waals surface area contributed by atoms with Crippen LogP contribution in [0.1, 0.15) is 47.0 Å². The summed E-state index contributed by atoms with van der Waals surface area (Å²) >= 11 is 1.52. The number of carbonyl (C=O) groups is 2. The third kappa shape index (κ3) is 3.17. The van der Waals surface area contributed by atoms with Crippen LogP contribution < -0.4 is 11.1 Å². The van der Waals surface area contributed by atoms with Gasteiger partial charge in [0.1, 0.15) is 5.00 Å². The van der Waals surface area contributed by atoms with E-state index in [9.17, 15) is 9.59 Å². The molecular weight excluding hydrogens is 298 g/mol. The zero-order valence-electron chi connectivity index (χ0n) is 13.0. The van der Waals surface area contributed by atoms with Gasteiger partial charge in [0.05, 0.1) is 12.1 Å². The molecule has 0 bridgehead atoms. The Balaban J connectivity index is 1.66. The zero-order chi connectivity index (χ0) is 15.7. The van der Waals surface area contributed by atoms with Gasteiger partial charge in [-0.1, -0.05) is 6.92 Å². The van der Waals surface area contributed by atoms with Gasteiger partial charge in [0.15, 0.2) is 0 Å². The number of rotatable bonds is 4. The maximum Gasteiger partial charge on any atom is 0.251 e. The van der Waals surface area contributed by atoms with Gasteiger partial charge in [-0.3, -0.25) is 14.5 Å². The highest BCUT2D eigenvalue weighted by molar-refractivity contribution is 7.17. The van der Waals surface area contributed by atoms with Crippen LogP contribution in [0.15, 0.2) is 0 Å². The molecule has 1 aliphatic heterocycles. The van der Waals surface area contributed by atoms with Gasteiger partial charge >= 0.3 is 0 Å². The van der Waals surface area contributed by atoms with Crippen molar-refractivity contribution in [2.45, 2.75) is 39.0 Å². The van der Waals surface area contributed by atoms with E-state index in [2.05, 4.69) is 17.1 Å². The molecule has 0 spiro atoms. The molecule has 1 aromatic rings. The first-order valence-electron chi connectivity index (χ1n) is 8.01. The maximum atomic E-state index is 12.3. The third-order valence-electron chi connectivity index (χ3n) is 4.66. The molecule has 120 valence electrons. The summed E-state index contributed by atoms with van der Waals surface area (Å²) in [4.78, 5) is 27.4. The van der Waals surface area contributed by atoms with Crippen molar-refractivity contribution >= 4 is 28.2 Å². The molecule has 3 N–H and O–H groups in total. The zero-order valence-corrected chi connectivity index (χ0v) is 13.8. The van der Waals surface area contributed by atoms with Crippen LogP contribution in [0.3, 0.4) is 0 Å². The molecule has 0 radical (unpaired) electrons. The lowest BCUT2D eigenvalue weighted by Gasteiger charge is -2.29. The highest BCUT2D eigenvalue weighted by Gasteiger charge is 2.26. The lowest BCUT2D eigenvalue weighted by molar-refractivity contribution is -0.117. The second kappa shape index (κ2) is 6.38. The van der Waals surface area contributed by atoms with Crippen molar-refractivity contribution in [3.8, 4) is 0 Å². The number of likely N-dealkylation sites (tertiary alicyclic amines) is 1. The normalized spacial score (nSPS) is 19.1. The largest absolute Gasteiger partial charge is 0.365 e. The molecular formula is C16H23N3O2S. The Hall–Kier alpha value is -1.40. The summed E-state index contributed by atoms with van der Waals surface area (Å²) in [7, 11) is 0. The number of hydrogen-bond donors (Lipinski definition) is 2. The third-order valence-corrected chi connectivity index (χ3v) is 5.87. The first-order chi connectivity index (χ1) is 10.5. The number of aryl methyl sites for hydroxylation is 1. The Morgan fingerprint density at radius 2 is 2.05 bits per heavy atom. The molecule has 3 rings (SSSR count). The minimum atomic E-state index is -0.429. The van der Waals surface area contributed by atoms with E-state index >= 15 is 0 Å². The number of thiophene rings is 1. The van der Waals surface area contributed by atoms with E-state index in [0.29, 0.717) is 17.1 Å². The van der Waals surface area contributed by atoms with Gasteiger partial charge < -0.3 is 11.1 Å². The van der Waals surface area contributed by atoms with Crippen molar-refractivity contribution in [2.24, 2.45) is 11.7 Å². The number of hydrogen-bond acceptors (Lipinski definition) is 4. The van der Waals surface area contributed by atoms with Crippen molar-refractivity contribution in [2.75, 3.05) is 25.0 Å². The predicted octanol–water partition coefficient (Wildman–Crippen LogP) is 2.01. The highest BCUT2D eigenvalue weighted by atomic mass is 32.1. The van der Waals surface area contributed by atoms with Crippen LogP contribution in [0.2, 0.25) is 0 Å². The number of nitrogens with two attached hydrogens (primary N) is 1. The summed E-state index contributed by atoms with van der Waals surface area (Å²) in [5.74, 6) is 0.277. The fraction of sp³-hybridized carbons (Fsp3) is 0.625. The molecule has 2 amide bonds. The van der Waals surface area contributed by atoms with Gasteiger partial charge in [-0.2, -0.15) is 0 Å². The second-order valence-corrected chi connectivity index (χ2v) is 7.54. The molecule has 5 nitrogen and oxygen atoms in total. The van der Waals surface area contributed by atoms with E-state index in [1.54, 1.807) is 0 Å². The summed E-state index contributed by atoms with van der Waals surface area (Å²) in [5.41, 5.74) is 7.11. The van der Waals surface area contributed by atoms with Crippen LogP contribution in [0.25, 0.3) is 0 Å². The van der Waals surface area contributed by atoms with Gasteiger partial charge in [-0.05, 0) is 56.7 Å². The van der Waals surface area contributed by atoms with Gasteiger partial charge in [0, 0.05) is 4.88 Å². The fourth-order valence-corrected chi connectivity index (χ4v) is 4.65. The molecule has 2 heterocycles. The lowest BCUT2D eigenvalue weighted by Crippen LogP contribution is -2.38. The number of piperidine rings is 1. The second-order valence-electron chi connectivity index (χ2n) is 6.43. The lowest BCUT2D eigenvalue weighted by atomic mass is 9.99. The van der Waals surface area contributed by atoms with Crippen LogP contribution in [0.4, 0.5) is 5.00 Å². The van der Waals surface area contributed by atoms with Crippen molar-refractivity contribution in [1.29, 1.82) is 0 Å². The van der Waals surface area contributed by atoms with Crippen molar-refractivity contribution in [1.82, 2.24) is 4.90 Å². The van der Waals surface area contributed by atoms with Crippen LogP contribution in [-0.2, 0) is 17.6 Å². The number of nitrogens with one attached hydrogen (secondary N) is 1. The predicted molar refractivity (Wildman–Crippen MR) is 88.3 cm³/mol. The number of carbonyl (C=O) groups excluding carboxylic acids is 2. The molecule has 0 atom stereocenters. The molecule has 1 aliphatic carbocycles. The Morgan fingerprint density at radius 3 is 2.73 bits per heavy atom. The first-order valence-corrected chi connectivity index (χ1v) is 8.82. The van der Waals surface area contributed by atoms with E-state index in [0.717, 1.165) is 56.7 Å². The van der Waals surface area contributed by atoms with Gasteiger partial charge in [-0.15, -0.1) is 11.3 Å². The smallest absolute Gasteiger partial charge is 0.251 e. The molecule has 1 fully saturated rings. The summed E-state index contributed by atoms with van der Waals surface area (Å²) in [6.45, 7) is 4.59. The standard InChI is InChI=1S/C16H23N3O2S/c1-10-5-7-19(8-6-10)9-13(20)18-16-14(15(17)21)11-3-2-4-12(11)22-16/h10H,2-9H2,1H3,(H2,17,21)(H,18,20). The monoisotopic (exact) mass is 321 g/mol. The molecule has 1 saturated heterocycles. The van der Waals surface area contributed by atoms with Crippen molar-refractivity contribution in [3.63, 3.8) is 0 Å². The number of primary amides is 1. The van der Waals surface area contributed by atoms with Crippen LogP contribution in [-0.4, -0.2) is 36.3 Å². The topological polar surface area (TPSA) is 75.4 Å². The Kier molecular flexibility index (Phi) is 4.49. The Labute approximate surface area is 134 Å². The van der Waals surface area contributed by atoms with Crippen LogP contribution in [0, 0.1) is 5.92 Å². The summed E-state index contributed by atoms with van der Waals surface area (Å²) in [5, 5.41) is 3.56. The van der Waals surface area contributed by atoms with Crippen molar-refractivity contribution < 1.29 is 9.59 Å². The number of fused-ring (bicyclic) bond motifs is 1. The van der Waals surface area contributed by atoms with Crippen LogP contribution in [0.5, 0.6) is 0 Å². The summed E-state index contributed by atoms with van der Waals surface area (Å²) in [6, 6.07) is 0. The number of nitrogens with zero attached hydrogens (tertiary/aromatic N) is 1. The van der Waals surface area contributed by atoms with Gasteiger partial charge in [-0.25, -0.2) is 0 Å². The van der Waals surface area contributed by atoms with Gasteiger partial charge in [0.25, 0.3) is 5.91 Å². The van der Waals surface area contributed by atoms with E-state index in [1.165, 1.54) is 16.2 Å². The molecule has 22 heavy (non-hydrogen) atoms. The SMILES string of the molecule is CC1CCN(CC(=O)Nc2sc3c(c2C(N)=O)CCC3)CC1. The van der Waals surface area contributed by atoms with E-state index in [1.807, 2.05) is 0 Å². The number of anilines is 1. The van der Waals surface area contributed by atoms with Gasteiger partial charge in [0.2, 0.25) is 5.91 Å². The fourth-order valence-electron chi connectivity index (χ4n) is 3.34. The minimum absolute atomic E-state index is 0.0445. The average molecular weight is 321 g/mol. The summed E-state index contributed by atoms with van der Waals surface area (Å²) < 4.78 is 0. The maximum absolute atomic E-state index is 12.3. The molecule has 6 heteroatoms. The minimum Gasteiger partial charge on any atom is -0.365 e. The number of amides is 2. The average Bonchev–Trinajstić information content (AvgIpc) is 3.01.